The fraction of sp³-hybridized carbons (Fsp3) is 0.500. The van der Waals surface area contributed by atoms with Crippen molar-refractivity contribution >= 4 is 35.1 Å². The van der Waals surface area contributed by atoms with E-state index in [0.29, 0.717) is 0 Å². The predicted octanol–water partition coefficient (Wildman–Crippen LogP) is -2.05. The molecule has 0 aliphatic heterocycles. The first kappa shape index (κ1) is 17.2. The van der Waals surface area contributed by atoms with Gasteiger partial charge in [-0.15, -0.1) is 23.2 Å². The van der Waals surface area contributed by atoms with Crippen molar-refractivity contribution < 1.29 is 36.6 Å². The molecule has 0 aliphatic carbocycles. The van der Waals surface area contributed by atoms with E-state index in [9.17, 15) is 0 Å². The van der Waals surface area contributed by atoms with Gasteiger partial charge in [0.2, 0.25) is 0 Å². The Bertz CT molecular complexity index is 105. The molecule has 4 nitrogen and oxygen atoms in total. The third-order valence-corrected chi connectivity index (χ3v) is 0.655. The van der Waals surface area contributed by atoms with Crippen molar-refractivity contribution in [1.82, 2.24) is 0 Å². The quantitative estimate of drug-likeness (QED) is 0.525. The molecule has 0 saturated carbocycles. The monoisotopic (exact) mass is 245 g/mol. The van der Waals surface area contributed by atoms with Gasteiger partial charge >= 0.3 is 16.8 Å². The molecule has 0 aromatic rings. The van der Waals surface area contributed by atoms with E-state index in [-0.39, 0.29) is 16.8 Å². The largest absolute Gasteiger partial charge is 2.00 e. The van der Waals surface area contributed by atoms with E-state index in [1.165, 1.54) is 0 Å². The number of carbonyl (C=O) groups is 2. The fourth-order valence-electron chi connectivity index (χ4n) is 0. The Morgan fingerprint density at radius 1 is 1.00 bits per heavy atom. The summed E-state index contributed by atoms with van der Waals surface area (Å²) in [6, 6.07) is 0. The van der Waals surface area contributed by atoms with Gasteiger partial charge in [-0.3, -0.25) is 0 Å². The van der Waals surface area contributed by atoms with Crippen LogP contribution in [-0.2, 0) is 26.4 Å². The number of hydrogen-bond donors (Lipinski definition) is 0. The molecule has 0 atom stereocenters. The molecule has 0 bridgehead atoms. The summed E-state index contributed by atoms with van der Waals surface area (Å²) in [4.78, 5) is 18.2. The van der Waals surface area contributed by atoms with E-state index in [0.717, 1.165) is 0 Å². The fourth-order valence-corrected chi connectivity index (χ4v) is 0. The summed E-state index contributed by atoms with van der Waals surface area (Å²) in [5.74, 6) is -3.29. The SMILES string of the molecule is O=C([O-])CCl.O=C([O-])CCl.[Co+2]. The number of carboxylic acids is 2. The van der Waals surface area contributed by atoms with Crippen molar-refractivity contribution in [3.8, 4) is 0 Å². The number of halogens is 2. The molecule has 0 unspecified atom stereocenters. The van der Waals surface area contributed by atoms with Crippen molar-refractivity contribution in [2.75, 3.05) is 11.8 Å². The van der Waals surface area contributed by atoms with Crippen LogP contribution in [0.1, 0.15) is 0 Å². The summed E-state index contributed by atoms with van der Waals surface area (Å²) >= 11 is 9.35. The van der Waals surface area contributed by atoms with Crippen molar-refractivity contribution in [3.05, 3.63) is 0 Å². The van der Waals surface area contributed by atoms with Crippen molar-refractivity contribution in [3.63, 3.8) is 0 Å². The molecule has 0 aromatic heterocycles. The molecule has 0 spiro atoms. The molecule has 0 rings (SSSR count). The molecule has 67 valence electrons. The zero-order valence-corrected chi connectivity index (χ0v) is 7.69. The van der Waals surface area contributed by atoms with Crippen LogP contribution in [0.25, 0.3) is 0 Å². The summed E-state index contributed by atoms with van der Waals surface area (Å²) < 4.78 is 0. The zero-order chi connectivity index (χ0) is 8.57. The van der Waals surface area contributed by atoms with E-state index in [4.69, 9.17) is 19.8 Å². The standard InChI is InChI=1S/2C2H3ClO2.Co/c2*3-1-2(4)5;/h2*1H2,(H,4,5);/q;;+2/p-2. The van der Waals surface area contributed by atoms with Crippen molar-refractivity contribution in [2.24, 2.45) is 0 Å². The first-order chi connectivity index (χ1) is 4.54. The van der Waals surface area contributed by atoms with Crippen LogP contribution in [0.3, 0.4) is 0 Å². The van der Waals surface area contributed by atoms with Gasteiger partial charge in [-0.2, -0.15) is 0 Å². The van der Waals surface area contributed by atoms with Gasteiger partial charge in [-0.05, 0) is 0 Å². The van der Waals surface area contributed by atoms with Gasteiger partial charge in [0.05, 0.1) is 23.7 Å². The van der Waals surface area contributed by atoms with Crippen LogP contribution in [-0.4, -0.2) is 23.7 Å². The molecule has 7 heteroatoms. The smallest absolute Gasteiger partial charge is 0.549 e. The minimum Gasteiger partial charge on any atom is -0.549 e. The van der Waals surface area contributed by atoms with Gasteiger partial charge in [-0.1, -0.05) is 0 Å². The van der Waals surface area contributed by atoms with Gasteiger partial charge in [0.15, 0.2) is 0 Å². The van der Waals surface area contributed by atoms with Crippen LogP contribution in [0.4, 0.5) is 0 Å². The Balaban J connectivity index is -0.000000107. The maximum absolute atomic E-state index is 9.12. The third kappa shape index (κ3) is 39.8. The molecular weight excluding hydrogens is 242 g/mol. The maximum Gasteiger partial charge on any atom is 2.00 e. The van der Waals surface area contributed by atoms with Crippen LogP contribution in [0.15, 0.2) is 0 Å². The Kier molecular flexibility index (Phi) is 19.8. The molecule has 0 N–H and O–H groups in total. The second-order valence-electron chi connectivity index (χ2n) is 1.01. The molecule has 0 aromatic carbocycles. The molecule has 0 saturated heterocycles. The maximum atomic E-state index is 9.12. The number of carbonyl (C=O) groups excluding carboxylic acids is 2. The van der Waals surface area contributed by atoms with E-state index >= 15 is 0 Å². The van der Waals surface area contributed by atoms with Crippen LogP contribution >= 0.6 is 23.2 Å². The normalized spacial score (nSPS) is 6.73. The number of aliphatic carboxylic acids is 2. The molecule has 0 amide bonds. The average molecular weight is 246 g/mol. The topological polar surface area (TPSA) is 80.3 Å². The first-order valence-corrected chi connectivity index (χ1v) is 3.13. The minimum atomic E-state index is -1.23. The molecule has 0 heterocycles. The van der Waals surface area contributed by atoms with Crippen LogP contribution in [0, 0.1) is 0 Å². The molecule has 1 radical (unpaired) electrons. The van der Waals surface area contributed by atoms with Gasteiger partial charge in [0, 0.05) is 0 Å². The third-order valence-electron chi connectivity index (χ3n) is 0.218. The predicted molar refractivity (Wildman–Crippen MR) is 31.5 cm³/mol. The first-order valence-electron chi connectivity index (χ1n) is 2.06. The minimum absolute atomic E-state index is 0. The Morgan fingerprint density at radius 2 is 1.09 bits per heavy atom. The summed E-state index contributed by atoms with van der Waals surface area (Å²) in [7, 11) is 0. The average Bonchev–Trinajstić information content (AvgIpc) is 1.89. The second-order valence-corrected chi connectivity index (χ2v) is 1.55. The van der Waals surface area contributed by atoms with Gasteiger partial charge < -0.3 is 19.8 Å². The van der Waals surface area contributed by atoms with Gasteiger partial charge in [-0.25, -0.2) is 0 Å². The van der Waals surface area contributed by atoms with E-state index in [1.54, 1.807) is 0 Å². The Morgan fingerprint density at radius 3 is 1.09 bits per heavy atom. The number of hydrogen-bond acceptors (Lipinski definition) is 4. The molecular formula is C4H4Cl2CoO4. The van der Waals surface area contributed by atoms with Crippen molar-refractivity contribution in [2.45, 2.75) is 0 Å². The van der Waals surface area contributed by atoms with E-state index < -0.39 is 23.7 Å². The summed E-state index contributed by atoms with van der Waals surface area (Å²) in [6.45, 7) is 0. The summed E-state index contributed by atoms with van der Waals surface area (Å²) in [5.41, 5.74) is 0. The Hall–Kier alpha value is 0.0265. The molecule has 0 aliphatic rings. The zero-order valence-electron chi connectivity index (χ0n) is 5.14. The van der Waals surface area contributed by atoms with Gasteiger partial charge in [0.1, 0.15) is 0 Å². The van der Waals surface area contributed by atoms with E-state index in [2.05, 4.69) is 23.2 Å². The Labute approximate surface area is 83.7 Å². The number of carboxylic acid groups (broad SMARTS) is 2. The van der Waals surface area contributed by atoms with Gasteiger partial charge in [0.25, 0.3) is 0 Å². The summed E-state index contributed by atoms with van der Waals surface area (Å²) in [6.07, 6.45) is 0. The van der Waals surface area contributed by atoms with E-state index in [1.807, 2.05) is 0 Å². The molecule has 11 heavy (non-hydrogen) atoms. The number of alkyl halides is 2. The van der Waals surface area contributed by atoms with Crippen LogP contribution in [0.5, 0.6) is 0 Å². The summed E-state index contributed by atoms with van der Waals surface area (Å²) in [5, 5.41) is 18.2. The molecule has 0 fully saturated rings. The van der Waals surface area contributed by atoms with Crippen LogP contribution < -0.4 is 10.2 Å². The second kappa shape index (κ2) is 12.7. The van der Waals surface area contributed by atoms with Crippen LogP contribution in [0.2, 0.25) is 0 Å². The number of rotatable bonds is 2. The van der Waals surface area contributed by atoms with Crippen molar-refractivity contribution in [1.29, 1.82) is 0 Å².